The molecule has 2 rings (SSSR count). The second-order valence-corrected chi connectivity index (χ2v) is 5.86. The van der Waals surface area contributed by atoms with Gasteiger partial charge in [0, 0.05) is 16.9 Å². The fourth-order valence-corrected chi connectivity index (χ4v) is 2.32. The van der Waals surface area contributed by atoms with Crippen molar-refractivity contribution in [2.24, 2.45) is 0 Å². The quantitative estimate of drug-likeness (QED) is 0.633. The molecule has 0 fully saturated rings. The minimum Gasteiger partial charge on any atom is -0.449 e. The molecule has 1 unspecified atom stereocenters. The number of benzene rings is 1. The van der Waals surface area contributed by atoms with Crippen molar-refractivity contribution in [1.82, 2.24) is 4.98 Å². The molecule has 0 aliphatic carbocycles. The van der Waals surface area contributed by atoms with Crippen molar-refractivity contribution < 1.29 is 14.3 Å². The van der Waals surface area contributed by atoms with Gasteiger partial charge in [-0.15, -0.1) is 0 Å². The van der Waals surface area contributed by atoms with Crippen LogP contribution in [0.5, 0.6) is 0 Å². The van der Waals surface area contributed by atoms with Gasteiger partial charge in [0.25, 0.3) is 5.91 Å². The number of halogens is 2. The molecule has 1 aromatic carbocycles. The highest BCUT2D eigenvalue weighted by Crippen LogP contribution is 2.21. The summed E-state index contributed by atoms with van der Waals surface area (Å²) in [7, 11) is 0. The van der Waals surface area contributed by atoms with Gasteiger partial charge in [-0.05, 0) is 43.2 Å². The van der Waals surface area contributed by atoms with Crippen LogP contribution in [0.1, 0.15) is 29.3 Å². The van der Waals surface area contributed by atoms with Gasteiger partial charge in [-0.1, -0.05) is 36.2 Å². The SMILES string of the molecule is CCC(OC(=O)c1cccnc1Cl)C(=O)Nc1ccc(C)c(Cl)c1. The first-order chi connectivity index (χ1) is 11.4. The number of carbonyl (C=O) groups is 2. The first kappa shape index (κ1) is 18.2. The summed E-state index contributed by atoms with van der Waals surface area (Å²) in [6.45, 7) is 3.60. The number of rotatable bonds is 5. The van der Waals surface area contributed by atoms with Crippen LogP contribution in [0, 0.1) is 6.92 Å². The number of nitrogens with zero attached hydrogens (tertiary/aromatic N) is 1. The number of nitrogens with one attached hydrogen (secondary N) is 1. The lowest BCUT2D eigenvalue weighted by molar-refractivity contribution is -0.124. The van der Waals surface area contributed by atoms with Crippen LogP contribution in [0.4, 0.5) is 5.69 Å². The molecular formula is C17H16Cl2N2O3. The summed E-state index contributed by atoms with van der Waals surface area (Å²) in [4.78, 5) is 28.3. The second kappa shape index (κ2) is 8.13. The smallest absolute Gasteiger partial charge is 0.342 e. The highest BCUT2D eigenvalue weighted by Gasteiger charge is 2.23. The number of esters is 1. The molecule has 7 heteroatoms. The minimum atomic E-state index is -0.950. The first-order valence-electron chi connectivity index (χ1n) is 7.31. The van der Waals surface area contributed by atoms with E-state index in [2.05, 4.69) is 10.3 Å². The third-order valence-corrected chi connectivity index (χ3v) is 4.04. The maximum Gasteiger partial charge on any atom is 0.342 e. The Morgan fingerprint density at radius 3 is 2.67 bits per heavy atom. The van der Waals surface area contributed by atoms with Crippen LogP contribution in [0.25, 0.3) is 0 Å². The number of ether oxygens (including phenoxy) is 1. The Morgan fingerprint density at radius 1 is 1.29 bits per heavy atom. The summed E-state index contributed by atoms with van der Waals surface area (Å²) in [6.07, 6.45) is 0.827. The van der Waals surface area contributed by atoms with Crippen LogP contribution in [0.2, 0.25) is 10.2 Å². The van der Waals surface area contributed by atoms with E-state index < -0.39 is 18.0 Å². The maximum absolute atomic E-state index is 12.3. The molecule has 0 saturated carbocycles. The molecule has 0 aliphatic rings. The summed E-state index contributed by atoms with van der Waals surface area (Å²) in [5, 5.41) is 3.26. The lowest BCUT2D eigenvalue weighted by Gasteiger charge is -2.16. The Hall–Kier alpha value is -2.11. The predicted molar refractivity (Wildman–Crippen MR) is 93.6 cm³/mol. The van der Waals surface area contributed by atoms with Gasteiger partial charge in [0.15, 0.2) is 6.10 Å². The molecule has 5 nitrogen and oxygen atoms in total. The van der Waals surface area contributed by atoms with Crippen LogP contribution >= 0.6 is 23.2 Å². The maximum atomic E-state index is 12.3. The molecule has 0 saturated heterocycles. The van der Waals surface area contributed by atoms with Crippen LogP contribution in [0.3, 0.4) is 0 Å². The fourth-order valence-electron chi connectivity index (χ4n) is 1.95. The zero-order chi connectivity index (χ0) is 17.7. The lowest BCUT2D eigenvalue weighted by Crippen LogP contribution is -2.32. The van der Waals surface area contributed by atoms with E-state index in [1.807, 2.05) is 6.92 Å². The third kappa shape index (κ3) is 4.46. The second-order valence-electron chi connectivity index (χ2n) is 5.10. The van der Waals surface area contributed by atoms with Gasteiger partial charge < -0.3 is 10.1 Å². The highest BCUT2D eigenvalue weighted by molar-refractivity contribution is 6.32. The van der Waals surface area contributed by atoms with E-state index in [0.29, 0.717) is 17.1 Å². The lowest BCUT2D eigenvalue weighted by atomic mass is 10.2. The Kier molecular flexibility index (Phi) is 6.17. The zero-order valence-corrected chi connectivity index (χ0v) is 14.7. The van der Waals surface area contributed by atoms with Crippen molar-refractivity contribution in [2.45, 2.75) is 26.4 Å². The summed E-state index contributed by atoms with van der Waals surface area (Å²) in [6, 6.07) is 8.22. The van der Waals surface area contributed by atoms with Crippen molar-refractivity contribution in [2.75, 3.05) is 5.32 Å². The number of carbonyl (C=O) groups excluding carboxylic acids is 2. The number of aryl methyl sites for hydroxylation is 1. The van der Waals surface area contributed by atoms with E-state index in [1.54, 1.807) is 31.2 Å². The molecule has 1 atom stereocenters. The van der Waals surface area contributed by atoms with E-state index in [9.17, 15) is 9.59 Å². The van der Waals surface area contributed by atoms with Gasteiger partial charge in [-0.25, -0.2) is 9.78 Å². The largest absolute Gasteiger partial charge is 0.449 e. The van der Waals surface area contributed by atoms with Crippen molar-refractivity contribution in [3.8, 4) is 0 Å². The van der Waals surface area contributed by atoms with Crippen LogP contribution in [0.15, 0.2) is 36.5 Å². The number of anilines is 1. The Bertz CT molecular complexity index is 765. The topological polar surface area (TPSA) is 68.3 Å². The molecule has 2 aromatic rings. The van der Waals surface area contributed by atoms with E-state index in [1.165, 1.54) is 12.3 Å². The Morgan fingerprint density at radius 2 is 2.04 bits per heavy atom. The normalized spacial score (nSPS) is 11.7. The Balaban J connectivity index is 2.07. The predicted octanol–water partition coefficient (Wildman–Crippen LogP) is 4.27. The van der Waals surface area contributed by atoms with E-state index >= 15 is 0 Å². The average Bonchev–Trinajstić information content (AvgIpc) is 2.56. The molecule has 1 aromatic heterocycles. The molecular weight excluding hydrogens is 351 g/mol. The van der Waals surface area contributed by atoms with Crippen LogP contribution < -0.4 is 5.32 Å². The van der Waals surface area contributed by atoms with E-state index in [0.717, 1.165) is 5.56 Å². The molecule has 1 N–H and O–H groups in total. The van der Waals surface area contributed by atoms with Crippen LogP contribution in [-0.2, 0) is 9.53 Å². The zero-order valence-electron chi connectivity index (χ0n) is 13.2. The number of hydrogen-bond donors (Lipinski definition) is 1. The monoisotopic (exact) mass is 366 g/mol. The molecule has 24 heavy (non-hydrogen) atoms. The van der Waals surface area contributed by atoms with E-state index in [4.69, 9.17) is 27.9 Å². The number of amides is 1. The summed E-state index contributed by atoms with van der Waals surface area (Å²) in [5.74, 6) is -1.14. The van der Waals surface area contributed by atoms with Gasteiger partial charge >= 0.3 is 5.97 Å². The fraction of sp³-hybridized carbons (Fsp3) is 0.235. The highest BCUT2D eigenvalue weighted by atomic mass is 35.5. The van der Waals surface area contributed by atoms with Crippen molar-refractivity contribution in [1.29, 1.82) is 0 Å². The van der Waals surface area contributed by atoms with Gasteiger partial charge in [0.1, 0.15) is 5.15 Å². The standard InChI is InChI=1S/C17H16Cl2N2O3/c1-3-14(24-17(23)12-5-4-8-20-15(12)19)16(22)21-11-7-6-10(2)13(18)9-11/h4-9,14H,3H2,1-2H3,(H,21,22). The molecule has 126 valence electrons. The van der Waals surface area contributed by atoms with Crippen molar-refractivity contribution in [3.63, 3.8) is 0 Å². The number of pyridine rings is 1. The third-order valence-electron chi connectivity index (χ3n) is 3.33. The van der Waals surface area contributed by atoms with Crippen LogP contribution in [-0.4, -0.2) is 23.0 Å². The first-order valence-corrected chi connectivity index (χ1v) is 8.06. The molecule has 0 bridgehead atoms. The average molecular weight is 367 g/mol. The molecule has 1 heterocycles. The molecule has 1 amide bonds. The summed E-state index contributed by atoms with van der Waals surface area (Å²) < 4.78 is 5.25. The van der Waals surface area contributed by atoms with E-state index in [-0.39, 0.29) is 10.7 Å². The summed E-state index contributed by atoms with van der Waals surface area (Å²) in [5.41, 5.74) is 1.55. The van der Waals surface area contributed by atoms with Gasteiger partial charge in [-0.2, -0.15) is 0 Å². The van der Waals surface area contributed by atoms with Crippen molar-refractivity contribution in [3.05, 3.63) is 57.8 Å². The van der Waals surface area contributed by atoms with Gasteiger partial charge in [0.05, 0.1) is 5.56 Å². The van der Waals surface area contributed by atoms with Crippen molar-refractivity contribution >= 4 is 40.8 Å². The minimum absolute atomic E-state index is 0.0306. The van der Waals surface area contributed by atoms with Gasteiger partial charge in [0.2, 0.25) is 0 Å². The Labute approximate surface area is 149 Å². The summed E-state index contributed by atoms with van der Waals surface area (Å²) >= 11 is 11.9. The molecule has 0 radical (unpaired) electrons. The van der Waals surface area contributed by atoms with Gasteiger partial charge in [-0.3, -0.25) is 4.79 Å². The molecule has 0 aliphatic heterocycles. The number of hydrogen-bond acceptors (Lipinski definition) is 4. The molecule has 0 spiro atoms. The number of aromatic nitrogens is 1.